The molecule has 13 nitrogen and oxygen atoms in total. The van der Waals surface area contributed by atoms with E-state index in [9.17, 15) is 9.59 Å². The van der Waals surface area contributed by atoms with E-state index in [2.05, 4.69) is 30.3 Å². The molecule has 3 amide bonds. The number of hydrogen-bond donors (Lipinski definition) is 1. The van der Waals surface area contributed by atoms with Gasteiger partial charge in [-0.1, -0.05) is 0 Å². The van der Waals surface area contributed by atoms with Crippen LogP contribution in [0.4, 0.5) is 26.8 Å². The zero-order valence-corrected chi connectivity index (χ0v) is 22.6. The minimum Gasteiger partial charge on any atom is -0.479 e. The second-order valence-electron chi connectivity index (χ2n) is 10.5. The SMILES string of the molecule is COc1nc2nc(C)nn2cc1NC(=O)N1CCc2c(N3CCN(C(=O)OC(C)(C)C)[C@H](C)C3)ccnc21. The summed E-state index contributed by atoms with van der Waals surface area (Å²) in [5, 5.41) is 7.15. The fourth-order valence-electron chi connectivity index (χ4n) is 4.87. The first-order valence-corrected chi connectivity index (χ1v) is 12.6. The molecule has 0 unspecified atom stereocenters. The number of amides is 3. The van der Waals surface area contributed by atoms with E-state index < -0.39 is 5.60 Å². The number of urea groups is 1. The lowest BCUT2D eigenvalue weighted by Gasteiger charge is -2.41. The van der Waals surface area contributed by atoms with Crippen molar-refractivity contribution in [3.63, 3.8) is 0 Å². The number of nitrogens with one attached hydrogen (secondary N) is 1. The third kappa shape index (κ3) is 4.87. The Morgan fingerprint density at radius 3 is 2.66 bits per heavy atom. The number of carbonyl (C=O) groups is 2. The number of aromatic nitrogens is 5. The van der Waals surface area contributed by atoms with E-state index >= 15 is 0 Å². The van der Waals surface area contributed by atoms with E-state index in [1.807, 2.05) is 33.8 Å². The fourth-order valence-corrected chi connectivity index (χ4v) is 4.87. The number of piperazine rings is 1. The van der Waals surface area contributed by atoms with E-state index in [4.69, 9.17) is 9.47 Å². The minimum atomic E-state index is -0.538. The molecule has 2 aliphatic heterocycles. The smallest absolute Gasteiger partial charge is 0.410 e. The molecule has 202 valence electrons. The first kappa shape index (κ1) is 25.5. The van der Waals surface area contributed by atoms with Gasteiger partial charge in [0, 0.05) is 49.7 Å². The predicted octanol–water partition coefficient (Wildman–Crippen LogP) is 2.88. The monoisotopic (exact) mass is 523 g/mol. The Morgan fingerprint density at radius 2 is 1.95 bits per heavy atom. The molecule has 0 bridgehead atoms. The number of nitrogens with zero attached hydrogens (tertiary/aromatic N) is 8. The highest BCUT2D eigenvalue weighted by Gasteiger charge is 2.34. The quantitative estimate of drug-likeness (QED) is 0.551. The van der Waals surface area contributed by atoms with E-state index in [1.165, 1.54) is 11.6 Å². The molecule has 0 spiro atoms. The summed E-state index contributed by atoms with van der Waals surface area (Å²) < 4.78 is 12.4. The summed E-state index contributed by atoms with van der Waals surface area (Å²) in [6.45, 7) is 11.7. The number of pyridine rings is 1. The number of fused-ring (bicyclic) bond motifs is 2. The molecule has 0 aliphatic carbocycles. The molecular weight excluding hydrogens is 490 g/mol. The maximum Gasteiger partial charge on any atom is 0.410 e. The Hall–Kier alpha value is -4.16. The van der Waals surface area contributed by atoms with Gasteiger partial charge in [0.25, 0.3) is 5.78 Å². The van der Waals surface area contributed by atoms with Crippen LogP contribution in [-0.2, 0) is 11.2 Å². The van der Waals surface area contributed by atoms with Crippen LogP contribution in [0.15, 0.2) is 18.5 Å². The number of aryl methyl sites for hydroxylation is 1. The van der Waals surface area contributed by atoms with Crippen LogP contribution in [0.3, 0.4) is 0 Å². The van der Waals surface area contributed by atoms with Crippen molar-refractivity contribution in [3.05, 3.63) is 29.8 Å². The molecule has 13 heteroatoms. The first-order valence-electron chi connectivity index (χ1n) is 12.6. The number of rotatable bonds is 3. The van der Waals surface area contributed by atoms with E-state index in [-0.39, 0.29) is 24.0 Å². The summed E-state index contributed by atoms with van der Waals surface area (Å²) in [6, 6.07) is 1.61. The zero-order valence-electron chi connectivity index (χ0n) is 22.6. The molecule has 0 aromatic carbocycles. The molecule has 2 aliphatic rings. The number of ether oxygens (including phenoxy) is 2. The van der Waals surface area contributed by atoms with Gasteiger partial charge in [-0.15, -0.1) is 0 Å². The average Bonchev–Trinajstić information content (AvgIpc) is 3.44. The summed E-state index contributed by atoms with van der Waals surface area (Å²) in [4.78, 5) is 44.7. The van der Waals surface area contributed by atoms with Crippen molar-refractivity contribution in [2.24, 2.45) is 0 Å². The molecule has 0 saturated carbocycles. The number of hydrogen-bond acceptors (Lipinski definition) is 9. The molecule has 1 saturated heterocycles. The van der Waals surface area contributed by atoms with Crippen LogP contribution in [0, 0.1) is 6.92 Å². The Bertz CT molecular complexity index is 1380. The second kappa shape index (κ2) is 9.62. The Balaban J connectivity index is 1.32. The van der Waals surface area contributed by atoms with Crippen molar-refractivity contribution in [2.75, 3.05) is 48.4 Å². The van der Waals surface area contributed by atoms with Crippen LogP contribution < -0.4 is 19.9 Å². The van der Waals surface area contributed by atoms with Gasteiger partial charge in [0.05, 0.1) is 13.3 Å². The van der Waals surface area contributed by atoms with Crippen LogP contribution in [0.25, 0.3) is 5.78 Å². The first-order chi connectivity index (χ1) is 18.0. The summed E-state index contributed by atoms with van der Waals surface area (Å²) >= 11 is 0. The summed E-state index contributed by atoms with van der Waals surface area (Å²) in [7, 11) is 1.49. The number of methoxy groups -OCH3 is 1. The van der Waals surface area contributed by atoms with Gasteiger partial charge < -0.3 is 24.6 Å². The molecule has 38 heavy (non-hydrogen) atoms. The van der Waals surface area contributed by atoms with Gasteiger partial charge in [0.1, 0.15) is 22.9 Å². The van der Waals surface area contributed by atoms with Crippen LogP contribution in [0.1, 0.15) is 39.1 Å². The average molecular weight is 524 g/mol. The second-order valence-corrected chi connectivity index (χ2v) is 10.5. The van der Waals surface area contributed by atoms with Crippen LogP contribution in [-0.4, -0.2) is 86.5 Å². The highest BCUT2D eigenvalue weighted by Crippen LogP contribution is 2.35. The molecular formula is C25H33N9O4. The van der Waals surface area contributed by atoms with E-state index in [0.717, 1.165) is 11.3 Å². The van der Waals surface area contributed by atoms with E-state index in [1.54, 1.807) is 29.1 Å². The van der Waals surface area contributed by atoms with Crippen LogP contribution in [0.5, 0.6) is 5.88 Å². The summed E-state index contributed by atoms with van der Waals surface area (Å²) in [5.74, 6) is 1.81. The summed E-state index contributed by atoms with van der Waals surface area (Å²) in [5.41, 5.74) is 1.88. The molecule has 1 atom stereocenters. The van der Waals surface area contributed by atoms with Crippen molar-refractivity contribution in [3.8, 4) is 5.88 Å². The lowest BCUT2D eigenvalue weighted by molar-refractivity contribution is 0.0159. The number of anilines is 3. The summed E-state index contributed by atoms with van der Waals surface area (Å²) in [6.07, 6.45) is 3.72. The minimum absolute atomic E-state index is 0.0291. The molecule has 3 aromatic heterocycles. The van der Waals surface area contributed by atoms with Gasteiger partial charge in [0.15, 0.2) is 0 Å². The van der Waals surface area contributed by atoms with Crippen LogP contribution in [0.2, 0.25) is 0 Å². The molecule has 3 aromatic rings. The van der Waals surface area contributed by atoms with Gasteiger partial charge in [-0.25, -0.2) is 19.1 Å². The topological polar surface area (TPSA) is 130 Å². The van der Waals surface area contributed by atoms with Crippen molar-refractivity contribution in [1.29, 1.82) is 0 Å². The Kier molecular flexibility index (Phi) is 6.45. The van der Waals surface area contributed by atoms with Crippen molar-refractivity contribution < 1.29 is 19.1 Å². The lowest BCUT2D eigenvalue weighted by atomic mass is 10.1. The van der Waals surface area contributed by atoms with Gasteiger partial charge in [-0.3, -0.25) is 4.90 Å². The normalized spacial score (nSPS) is 17.5. The maximum atomic E-state index is 13.3. The third-order valence-electron chi connectivity index (χ3n) is 6.53. The highest BCUT2D eigenvalue weighted by atomic mass is 16.6. The standard InChI is InChI=1S/C25H33N9O4/c1-15-13-31(11-12-32(15)24(36)38-25(3,4)5)19-7-9-26-20-17(19)8-10-33(20)23(35)28-18-14-34-22(27-16(2)30-34)29-21(18)37-6/h7,9,14-15H,8,10-13H2,1-6H3,(H,28,35)/t15-/m1/s1. The predicted molar refractivity (Wildman–Crippen MR) is 141 cm³/mol. The Morgan fingerprint density at radius 1 is 1.16 bits per heavy atom. The maximum absolute atomic E-state index is 13.3. The molecule has 5 heterocycles. The molecule has 0 radical (unpaired) electrons. The van der Waals surface area contributed by atoms with Crippen molar-refractivity contribution >= 4 is 35.1 Å². The van der Waals surface area contributed by atoms with Gasteiger partial charge >= 0.3 is 12.1 Å². The van der Waals surface area contributed by atoms with Crippen molar-refractivity contribution in [2.45, 2.75) is 52.7 Å². The third-order valence-corrected chi connectivity index (χ3v) is 6.53. The Labute approximate surface area is 220 Å². The zero-order chi connectivity index (χ0) is 27.2. The molecule has 1 N–H and O–H groups in total. The van der Waals surface area contributed by atoms with E-state index in [0.29, 0.717) is 55.7 Å². The lowest BCUT2D eigenvalue weighted by Crippen LogP contribution is -2.55. The number of carbonyl (C=O) groups excluding carboxylic acids is 2. The van der Waals surface area contributed by atoms with Gasteiger partial charge in [-0.05, 0) is 47.1 Å². The van der Waals surface area contributed by atoms with Gasteiger partial charge in [-0.2, -0.15) is 15.1 Å². The van der Waals surface area contributed by atoms with Gasteiger partial charge in [0.2, 0.25) is 5.88 Å². The van der Waals surface area contributed by atoms with Crippen molar-refractivity contribution in [1.82, 2.24) is 29.5 Å². The highest BCUT2D eigenvalue weighted by molar-refractivity contribution is 6.03. The molecule has 5 rings (SSSR count). The molecule has 1 fully saturated rings. The van der Waals surface area contributed by atoms with Crippen LogP contribution >= 0.6 is 0 Å². The largest absolute Gasteiger partial charge is 0.479 e. The fraction of sp³-hybridized carbons (Fsp3) is 0.520.